The average molecular weight is 319 g/mol. The molecule has 1 atom stereocenters. The van der Waals surface area contributed by atoms with Crippen molar-refractivity contribution in [2.75, 3.05) is 6.61 Å². The van der Waals surface area contributed by atoms with E-state index in [4.69, 9.17) is 4.74 Å². The van der Waals surface area contributed by atoms with Gasteiger partial charge >= 0.3 is 0 Å². The Balaban J connectivity index is 2.27. The third-order valence-corrected chi connectivity index (χ3v) is 4.21. The van der Waals surface area contributed by atoms with E-state index in [1.54, 1.807) is 0 Å². The van der Waals surface area contributed by atoms with Crippen LogP contribution in [-0.4, -0.2) is 6.61 Å². The summed E-state index contributed by atoms with van der Waals surface area (Å²) in [6, 6.07) is 14.9. The summed E-state index contributed by atoms with van der Waals surface area (Å²) in [7, 11) is 0. The molecule has 0 amide bonds. The molecule has 0 radical (unpaired) electrons. The van der Waals surface area contributed by atoms with Crippen LogP contribution in [0.15, 0.2) is 42.5 Å². The number of ether oxygens (including phenoxy) is 1. The molecule has 0 aromatic heterocycles. The number of aryl methyl sites for hydroxylation is 2. The molecule has 100 valence electrons. The van der Waals surface area contributed by atoms with Gasteiger partial charge in [0.25, 0.3) is 0 Å². The quantitative estimate of drug-likeness (QED) is 0.705. The van der Waals surface area contributed by atoms with Gasteiger partial charge in [0.1, 0.15) is 5.75 Å². The summed E-state index contributed by atoms with van der Waals surface area (Å²) in [5.74, 6) is 0.923. The molecule has 2 aromatic rings. The zero-order valence-corrected chi connectivity index (χ0v) is 13.2. The highest BCUT2D eigenvalue weighted by Gasteiger charge is 2.12. The van der Waals surface area contributed by atoms with Crippen molar-refractivity contribution in [3.8, 4) is 5.75 Å². The highest BCUT2D eigenvalue weighted by atomic mass is 79.9. The lowest BCUT2D eigenvalue weighted by Gasteiger charge is -2.15. The van der Waals surface area contributed by atoms with Crippen molar-refractivity contribution in [2.45, 2.75) is 25.6 Å². The minimum absolute atomic E-state index is 0.225. The van der Waals surface area contributed by atoms with Gasteiger partial charge < -0.3 is 4.74 Å². The summed E-state index contributed by atoms with van der Waals surface area (Å²) in [5, 5.41) is 0. The summed E-state index contributed by atoms with van der Waals surface area (Å²) < 4.78 is 5.47. The van der Waals surface area contributed by atoms with E-state index < -0.39 is 0 Å². The van der Waals surface area contributed by atoms with E-state index in [0.29, 0.717) is 6.61 Å². The van der Waals surface area contributed by atoms with Gasteiger partial charge in [0.15, 0.2) is 0 Å². The largest absolute Gasteiger partial charge is 0.494 e. The SMILES string of the molecule is CCOc1ccc(C(Br)c2cc(C)ccc2C)cc1. The molecule has 1 nitrogen and oxygen atoms in total. The molecule has 2 rings (SSSR count). The highest BCUT2D eigenvalue weighted by Crippen LogP contribution is 2.34. The average Bonchev–Trinajstić information content (AvgIpc) is 2.42. The first-order valence-corrected chi connectivity index (χ1v) is 7.47. The third-order valence-electron chi connectivity index (χ3n) is 3.19. The van der Waals surface area contributed by atoms with Crippen LogP contribution in [-0.2, 0) is 0 Å². The van der Waals surface area contributed by atoms with Gasteiger partial charge in [-0.3, -0.25) is 0 Å². The van der Waals surface area contributed by atoms with Gasteiger partial charge in [0.05, 0.1) is 11.4 Å². The Morgan fingerprint density at radius 3 is 2.37 bits per heavy atom. The van der Waals surface area contributed by atoms with Crippen molar-refractivity contribution in [1.29, 1.82) is 0 Å². The molecule has 1 unspecified atom stereocenters. The lowest BCUT2D eigenvalue weighted by Crippen LogP contribution is -1.97. The number of hydrogen-bond donors (Lipinski definition) is 0. The van der Waals surface area contributed by atoms with Gasteiger partial charge in [-0.05, 0) is 49.6 Å². The van der Waals surface area contributed by atoms with Crippen molar-refractivity contribution in [3.05, 3.63) is 64.7 Å². The van der Waals surface area contributed by atoms with Crippen LogP contribution >= 0.6 is 15.9 Å². The van der Waals surface area contributed by atoms with E-state index in [0.717, 1.165) is 5.75 Å². The minimum atomic E-state index is 0.225. The van der Waals surface area contributed by atoms with Gasteiger partial charge in [-0.2, -0.15) is 0 Å². The molecule has 0 aliphatic carbocycles. The fourth-order valence-electron chi connectivity index (χ4n) is 2.11. The van der Waals surface area contributed by atoms with E-state index in [9.17, 15) is 0 Å². The zero-order valence-electron chi connectivity index (χ0n) is 11.6. The van der Waals surface area contributed by atoms with E-state index in [2.05, 4.69) is 60.1 Å². The number of alkyl halides is 1. The Kier molecular flexibility index (Phi) is 4.65. The van der Waals surface area contributed by atoms with Crippen molar-refractivity contribution in [2.24, 2.45) is 0 Å². The zero-order chi connectivity index (χ0) is 13.8. The Morgan fingerprint density at radius 2 is 1.74 bits per heavy atom. The van der Waals surface area contributed by atoms with Crippen LogP contribution in [0.4, 0.5) is 0 Å². The normalized spacial score (nSPS) is 12.2. The molecule has 0 aliphatic rings. The molecule has 0 spiro atoms. The van der Waals surface area contributed by atoms with Gasteiger partial charge in [-0.1, -0.05) is 51.8 Å². The molecular weight excluding hydrogens is 300 g/mol. The van der Waals surface area contributed by atoms with Crippen LogP contribution in [0.25, 0.3) is 0 Å². The lowest BCUT2D eigenvalue weighted by atomic mass is 9.98. The lowest BCUT2D eigenvalue weighted by molar-refractivity contribution is 0.340. The molecule has 0 heterocycles. The van der Waals surface area contributed by atoms with E-state index in [1.165, 1.54) is 22.3 Å². The first kappa shape index (κ1) is 14.1. The topological polar surface area (TPSA) is 9.23 Å². The molecule has 0 saturated carbocycles. The van der Waals surface area contributed by atoms with Crippen molar-refractivity contribution in [3.63, 3.8) is 0 Å². The first-order valence-electron chi connectivity index (χ1n) is 6.55. The van der Waals surface area contributed by atoms with Crippen molar-refractivity contribution in [1.82, 2.24) is 0 Å². The maximum absolute atomic E-state index is 5.47. The van der Waals surface area contributed by atoms with Crippen LogP contribution in [0.5, 0.6) is 5.75 Å². The molecule has 0 bridgehead atoms. The van der Waals surface area contributed by atoms with Crippen LogP contribution < -0.4 is 4.74 Å². The van der Waals surface area contributed by atoms with Crippen LogP contribution in [0.2, 0.25) is 0 Å². The molecule has 0 aliphatic heterocycles. The highest BCUT2D eigenvalue weighted by molar-refractivity contribution is 9.09. The molecular formula is C17H19BrO. The third kappa shape index (κ3) is 3.38. The monoisotopic (exact) mass is 318 g/mol. The summed E-state index contributed by atoms with van der Waals surface area (Å²) in [4.78, 5) is 0.225. The molecule has 2 heteroatoms. The van der Waals surface area contributed by atoms with Crippen LogP contribution in [0.1, 0.15) is 34.0 Å². The maximum Gasteiger partial charge on any atom is 0.119 e. The molecule has 0 saturated heterocycles. The predicted octanol–water partition coefficient (Wildman–Crippen LogP) is 5.19. The summed E-state index contributed by atoms with van der Waals surface area (Å²) in [6.07, 6.45) is 0. The Labute approximate surface area is 123 Å². The fourth-order valence-corrected chi connectivity index (χ4v) is 2.91. The van der Waals surface area contributed by atoms with Gasteiger partial charge in [0, 0.05) is 0 Å². The smallest absolute Gasteiger partial charge is 0.119 e. The minimum Gasteiger partial charge on any atom is -0.494 e. The standard InChI is InChI=1S/C17H19BrO/c1-4-19-15-9-7-14(8-10-15)17(18)16-11-12(2)5-6-13(16)3/h5-11,17H,4H2,1-3H3. The maximum atomic E-state index is 5.47. The van der Waals surface area contributed by atoms with E-state index >= 15 is 0 Å². The van der Waals surface area contributed by atoms with Crippen LogP contribution in [0, 0.1) is 13.8 Å². The molecule has 19 heavy (non-hydrogen) atoms. The number of rotatable bonds is 4. The Hall–Kier alpha value is -1.28. The molecule has 2 aromatic carbocycles. The van der Waals surface area contributed by atoms with Crippen molar-refractivity contribution >= 4 is 15.9 Å². The summed E-state index contributed by atoms with van der Waals surface area (Å²) in [6.45, 7) is 6.98. The first-order chi connectivity index (χ1) is 9.11. The van der Waals surface area contributed by atoms with Crippen molar-refractivity contribution < 1.29 is 4.74 Å². The summed E-state index contributed by atoms with van der Waals surface area (Å²) >= 11 is 3.80. The van der Waals surface area contributed by atoms with E-state index in [-0.39, 0.29) is 4.83 Å². The second-order valence-electron chi connectivity index (χ2n) is 4.72. The second kappa shape index (κ2) is 6.25. The fraction of sp³-hybridized carbons (Fsp3) is 0.294. The number of hydrogen-bond acceptors (Lipinski definition) is 1. The summed E-state index contributed by atoms with van der Waals surface area (Å²) in [5.41, 5.74) is 5.17. The van der Waals surface area contributed by atoms with Gasteiger partial charge in [-0.15, -0.1) is 0 Å². The predicted molar refractivity (Wildman–Crippen MR) is 84.3 cm³/mol. The molecule has 0 N–H and O–H groups in total. The Morgan fingerprint density at radius 1 is 1.05 bits per heavy atom. The van der Waals surface area contributed by atoms with Gasteiger partial charge in [-0.25, -0.2) is 0 Å². The van der Waals surface area contributed by atoms with Gasteiger partial charge in [0.2, 0.25) is 0 Å². The second-order valence-corrected chi connectivity index (χ2v) is 5.64. The van der Waals surface area contributed by atoms with Crippen LogP contribution in [0.3, 0.4) is 0 Å². The van der Waals surface area contributed by atoms with E-state index in [1.807, 2.05) is 19.1 Å². The Bertz CT molecular complexity index is 546. The number of benzene rings is 2. The molecule has 0 fully saturated rings. The number of halogens is 1.